The lowest BCUT2D eigenvalue weighted by Gasteiger charge is -2.16. The van der Waals surface area contributed by atoms with Crippen LogP contribution in [0.5, 0.6) is 0 Å². The monoisotopic (exact) mass is 272 g/mol. The molecule has 0 amide bonds. The van der Waals surface area contributed by atoms with Gasteiger partial charge < -0.3 is 5.32 Å². The Bertz CT molecular complexity index is 354. The third-order valence-corrected chi connectivity index (χ3v) is 4.04. The van der Waals surface area contributed by atoms with Crippen LogP contribution in [0.4, 0.5) is 0 Å². The maximum atomic E-state index is 5.88. The zero-order valence-electron chi connectivity index (χ0n) is 9.73. The average Bonchev–Trinajstić information content (AvgIpc) is 2.81. The van der Waals surface area contributed by atoms with Crippen molar-refractivity contribution in [2.45, 2.75) is 6.54 Å². The van der Waals surface area contributed by atoms with E-state index in [4.69, 9.17) is 11.6 Å². The van der Waals surface area contributed by atoms with Crippen molar-refractivity contribution in [2.75, 3.05) is 26.2 Å². The van der Waals surface area contributed by atoms with Gasteiger partial charge in [-0.25, -0.2) is 0 Å². The Labute approximate surface area is 114 Å². The average molecular weight is 273 g/mol. The molecule has 2 fully saturated rings. The van der Waals surface area contributed by atoms with Crippen molar-refractivity contribution >= 4 is 24.0 Å². The third kappa shape index (κ3) is 2.94. The normalized spacial score (nSPS) is 27.8. The molecule has 0 radical (unpaired) electrons. The van der Waals surface area contributed by atoms with Crippen LogP contribution in [0.2, 0.25) is 5.02 Å². The summed E-state index contributed by atoms with van der Waals surface area (Å²) in [5.74, 6) is 1.76. The summed E-state index contributed by atoms with van der Waals surface area (Å²) < 4.78 is 0. The van der Waals surface area contributed by atoms with Gasteiger partial charge in [0.2, 0.25) is 0 Å². The van der Waals surface area contributed by atoms with Gasteiger partial charge in [-0.3, -0.25) is 4.90 Å². The highest BCUT2D eigenvalue weighted by Crippen LogP contribution is 2.27. The molecule has 2 heterocycles. The van der Waals surface area contributed by atoms with Crippen LogP contribution >= 0.6 is 24.0 Å². The predicted octanol–water partition coefficient (Wildman–Crippen LogP) is 2.41. The van der Waals surface area contributed by atoms with Crippen molar-refractivity contribution in [1.82, 2.24) is 10.2 Å². The number of nitrogens with one attached hydrogen (secondary N) is 1. The fourth-order valence-corrected chi connectivity index (χ4v) is 3.06. The van der Waals surface area contributed by atoms with Crippen molar-refractivity contribution < 1.29 is 0 Å². The SMILES string of the molecule is Cl.Clc1ccc(CN2C[C@H]3CNC[C@H]3C2)cc1. The zero-order valence-corrected chi connectivity index (χ0v) is 11.3. The number of hydrogen-bond acceptors (Lipinski definition) is 2. The molecule has 1 aromatic carbocycles. The Morgan fingerprint density at radius 3 is 2.29 bits per heavy atom. The van der Waals surface area contributed by atoms with E-state index in [0.29, 0.717) is 0 Å². The van der Waals surface area contributed by atoms with Gasteiger partial charge in [-0.15, -0.1) is 12.4 Å². The molecule has 2 atom stereocenters. The Kier molecular flexibility index (Phi) is 4.31. The van der Waals surface area contributed by atoms with Gasteiger partial charge >= 0.3 is 0 Å². The van der Waals surface area contributed by atoms with Gasteiger partial charge in [0.15, 0.2) is 0 Å². The lowest BCUT2D eigenvalue weighted by atomic mass is 10.0. The summed E-state index contributed by atoms with van der Waals surface area (Å²) in [7, 11) is 0. The van der Waals surface area contributed by atoms with E-state index in [2.05, 4.69) is 22.3 Å². The van der Waals surface area contributed by atoms with Crippen LogP contribution in [0.1, 0.15) is 5.56 Å². The summed E-state index contributed by atoms with van der Waals surface area (Å²) in [4.78, 5) is 2.57. The van der Waals surface area contributed by atoms with Gasteiger partial charge in [0.25, 0.3) is 0 Å². The maximum Gasteiger partial charge on any atom is 0.0406 e. The second-order valence-electron chi connectivity index (χ2n) is 5.00. The number of fused-ring (bicyclic) bond motifs is 1. The molecule has 3 rings (SSSR count). The number of likely N-dealkylation sites (tertiary alicyclic amines) is 1. The first-order valence-electron chi connectivity index (χ1n) is 5.99. The van der Waals surface area contributed by atoms with Crippen molar-refractivity contribution in [2.24, 2.45) is 11.8 Å². The molecule has 94 valence electrons. The van der Waals surface area contributed by atoms with E-state index in [-0.39, 0.29) is 12.4 Å². The van der Waals surface area contributed by atoms with Crippen molar-refractivity contribution in [3.8, 4) is 0 Å². The molecule has 2 aliphatic rings. The molecule has 0 bridgehead atoms. The first-order valence-corrected chi connectivity index (χ1v) is 6.36. The number of nitrogens with zero attached hydrogens (tertiary/aromatic N) is 1. The van der Waals surface area contributed by atoms with E-state index >= 15 is 0 Å². The quantitative estimate of drug-likeness (QED) is 0.890. The molecule has 0 aliphatic carbocycles. The number of halogens is 2. The molecule has 2 saturated heterocycles. The van der Waals surface area contributed by atoms with Crippen LogP contribution in [0.3, 0.4) is 0 Å². The van der Waals surface area contributed by atoms with Crippen molar-refractivity contribution in [1.29, 1.82) is 0 Å². The van der Waals surface area contributed by atoms with Crippen LogP contribution in [0.15, 0.2) is 24.3 Å². The molecular weight excluding hydrogens is 255 g/mol. The van der Waals surface area contributed by atoms with E-state index in [9.17, 15) is 0 Å². The minimum absolute atomic E-state index is 0. The van der Waals surface area contributed by atoms with Gasteiger partial charge in [-0.05, 0) is 42.6 Å². The molecule has 17 heavy (non-hydrogen) atoms. The minimum Gasteiger partial charge on any atom is -0.316 e. The molecular formula is C13H18Cl2N2. The predicted molar refractivity (Wildman–Crippen MR) is 73.8 cm³/mol. The summed E-state index contributed by atoms with van der Waals surface area (Å²) in [6.45, 7) is 5.99. The molecule has 0 spiro atoms. The third-order valence-electron chi connectivity index (χ3n) is 3.78. The fraction of sp³-hybridized carbons (Fsp3) is 0.538. The molecule has 0 saturated carbocycles. The van der Waals surface area contributed by atoms with E-state index in [1.54, 1.807) is 0 Å². The Morgan fingerprint density at radius 1 is 1.12 bits per heavy atom. The van der Waals surface area contributed by atoms with Crippen LogP contribution in [-0.4, -0.2) is 31.1 Å². The van der Waals surface area contributed by atoms with E-state index in [0.717, 1.165) is 23.4 Å². The standard InChI is InChI=1S/C13H17ClN2.ClH/c14-13-3-1-10(2-4-13)7-16-8-11-5-15-6-12(11)9-16;/h1-4,11-12,15H,5-9H2;1H/t11-,12+;. The summed E-state index contributed by atoms with van der Waals surface area (Å²) in [5, 5.41) is 4.30. The molecule has 2 nitrogen and oxygen atoms in total. The second kappa shape index (κ2) is 5.57. The summed E-state index contributed by atoms with van der Waals surface area (Å²) in [6, 6.07) is 8.23. The summed E-state index contributed by atoms with van der Waals surface area (Å²) in [5.41, 5.74) is 1.37. The van der Waals surface area contributed by atoms with E-state index < -0.39 is 0 Å². The summed E-state index contributed by atoms with van der Waals surface area (Å²) in [6.07, 6.45) is 0. The second-order valence-corrected chi connectivity index (χ2v) is 5.44. The summed E-state index contributed by atoms with van der Waals surface area (Å²) >= 11 is 5.88. The van der Waals surface area contributed by atoms with Crippen LogP contribution in [-0.2, 0) is 6.54 Å². The molecule has 0 aromatic heterocycles. The van der Waals surface area contributed by atoms with Crippen molar-refractivity contribution in [3.05, 3.63) is 34.9 Å². The topological polar surface area (TPSA) is 15.3 Å². The first-order chi connectivity index (χ1) is 7.81. The highest BCUT2D eigenvalue weighted by atomic mass is 35.5. The lowest BCUT2D eigenvalue weighted by Crippen LogP contribution is -2.25. The van der Waals surface area contributed by atoms with E-state index in [1.807, 2.05) is 12.1 Å². The lowest BCUT2D eigenvalue weighted by molar-refractivity contribution is 0.305. The Hall–Kier alpha value is -0.280. The molecule has 1 aromatic rings. The highest BCUT2D eigenvalue weighted by molar-refractivity contribution is 6.30. The molecule has 0 unspecified atom stereocenters. The minimum atomic E-state index is 0. The van der Waals surface area contributed by atoms with Gasteiger partial charge in [0, 0.05) is 24.7 Å². The number of hydrogen-bond donors (Lipinski definition) is 1. The van der Waals surface area contributed by atoms with Crippen LogP contribution in [0, 0.1) is 11.8 Å². The fourth-order valence-electron chi connectivity index (χ4n) is 2.93. The maximum absolute atomic E-state index is 5.88. The van der Waals surface area contributed by atoms with Gasteiger partial charge in [0.05, 0.1) is 0 Å². The molecule has 2 aliphatic heterocycles. The Morgan fingerprint density at radius 2 is 1.71 bits per heavy atom. The Balaban J connectivity index is 0.00000108. The number of rotatable bonds is 2. The zero-order chi connectivity index (χ0) is 11.0. The van der Waals surface area contributed by atoms with Gasteiger partial charge in [-0.1, -0.05) is 23.7 Å². The van der Waals surface area contributed by atoms with Gasteiger partial charge in [-0.2, -0.15) is 0 Å². The molecule has 4 heteroatoms. The number of benzene rings is 1. The first kappa shape index (κ1) is 13.2. The van der Waals surface area contributed by atoms with Crippen LogP contribution in [0.25, 0.3) is 0 Å². The van der Waals surface area contributed by atoms with Crippen LogP contribution < -0.4 is 5.32 Å². The smallest absolute Gasteiger partial charge is 0.0406 e. The highest BCUT2D eigenvalue weighted by Gasteiger charge is 2.35. The largest absolute Gasteiger partial charge is 0.316 e. The van der Waals surface area contributed by atoms with Crippen molar-refractivity contribution in [3.63, 3.8) is 0 Å². The van der Waals surface area contributed by atoms with E-state index in [1.165, 1.54) is 31.7 Å². The molecule has 1 N–H and O–H groups in total. The van der Waals surface area contributed by atoms with Gasteiger partial charge in [0.1, 0.15) is 0 Å².